The van der Waals surface area contributed by atoms with Gasteiger partial charge in [0.25, 0.3) is 0 Å². The highest BCUT2D eigenvalue weighted by Gasteiger charge is 2.45. The van der Waals surface area contributed by atoms with Crippen molar-refractivity contribution in [3.63, 3.8) is 0 Å². The number of rotatable bonds is 3. The fourth-order valence-electron chi connectivity index (χ4n) is 3.39. The number of aromatic hydroxyl groups is 1. The quantitative estimate of drug-likeness (QED) is 0.907. The van der Waals surface area contributed by atoms with Gasteiger partial charge in [-0.3, -0.25) is 9.69 Å². The first-order valence-electron chi connectivity index (χ1n) is 7.16. The summed E-state index contributed by atoms with van der Waals surface area (Å²) in [5.41, 5.74) is 1.10. The Morgan fingerprint density at radius 2 is 1.95 bits per heavy atom. The molecule has 0 radical (unpaired) electrons. The first kappa shape index (κ1) is 12.7. The van der Waals surface area contributed by atoms with E-state index in [1.54, 1.807) is 6.07 Å². The van der Waals surface area contributed by atoms with Crippen molar-refractivity contribution in [3.05, 3.63) is 29.8 Å². The molecule has 0 spiro atoms. The van der Waals surface area contributed by atoms with Gasteiger partial charge in [0.2, 0.25) is 0 Å². The van der Waals surface area contributed by atoms with Crippen LogP contribution in [0.15, 0.2) is 24.3 Å². The molecule has 19 heavy (non-hydrogen) atoms. The normalized spacial score (nSPS) is 22.7. The molecule has 3 rings (SSSR count). The maximum atomic E-state index is 11.6. The second kappa shape index (κ2) is 4.64. The van der Waals surface area contributed by atoms with Gasteiger partial charge in [-0.05, 0) is 50.4 Å². The zero-order valence-electron chi connectivity index (χ0n) is 11.4. The van der Waals surface area contributed by atoms with E-state index in [1.807, 2.05) is 12.1 Å². The highest BCUT2D eigenvalue weighted by Crippen LogP contribution is 2.46. The molecule has 102 valence electrons. The van der Waals surface area contributed by atoms with Gasteiger partial charge >= 0.3 is 0 Å². The SMILES string of the molecule is CN(C1CC1)C1(c2cccc(O)c2)CCC(=O)CC1. The number of Topliss-reactive ketones (excluding diaryl/α,β-unsaturated/α-hetero) is 1. The standard InChI is InChI=1S/C16H21NO2/c1-17(13-5-6-13)16(9-7-14(18)8-10-16)12-3-2-4-15(19)11-12/h2-4,11,13,19H,5-10H2,1H3. The molecule has 2 aliphatic rings. The Hall–Kier alpha value is -1.35. The van der Waals surface area contributed by atoms with E-state index >= 15 is 0 Å². The molecule has 1 aromatic rings. The van der Waals surface area contributed by atoms with E-state index in [-0.39, 0.29) is 5.54 Å². The Labute approximate surface area is 114 Å². The van der Waals surface area contributed by atoms with Gasteiger partial charge in [0.1, 0.15) is 11.5 Å². The summed E-state index contributed by atoms with van der Waals surface area (Å²) in [7, 11) is 2.18. The predicted octanol–water partition coefficient (Wildman–Crippen LogP) is 2.82. The van der Waals surface area contributed by atoms with Crippen molar-refractivity contribution in [2.24, 2.45) is 0 Å². The van der Waals surface area contributed by atoms with E-state index < -0.39 is 0 Å². The van der Waals surface area contributed by atoms with Crippen LogP contribution in [0, 0.1) is 0 Å². The van der Waals surface area contributed by atoms with Gasteiger partial charge in [0.05, 0.1) is 0 Å². The highest BCUT2D eigenvalue weighted by atomic mass is 16.3. The van der Waals surface area contributed by atoms with Crippen LogP contribution in [-0.4, -0.2) is 28.9 Å². The van der Waals surface area contributed by atoms with Crippen molar-refractivity contribution in [3.8, 4) is 5.75 Å². The summed E-state index contributed by atoms with van der Waals surface area (Å²) in [5, 5.41) is 9.76. The van der Waals surface area contributed by atoms with E-state index in [1.165, 1.54) is 12.8 Å². The number of hydrogen-bond acceptors (Lipinski definition) is 3. The van der Waals surface area contributed by atoms with Crippen LogP contribution in [-0.2, 0) is 10.3 Å². The number of carbonyl (C=O) groups excluding carboxylic acids is 1. The van der Waals surface area contributed by atoms with E-state index in [4.69, 9.17) is 0 Å². The Bertz CT molecular complexity index is 483. The fourth-order valence-corrected chi connectivity index (χ4v) is 3.39. The third-order valence-corrected chi connectivity index (χ3v) is 4.79. The Kier molecular flexibility index (Phi) is 3.09. The van der Waals surface area contributed by atoms with Gasteiger partial charge in [0, 0.05) is 24.4 Å². The molecular formula is C16H21NO2. The average Bonchev–Trinajstić information content (AvgIpc) is 3.23. The lowest BCUT2D eigenvalue weighted by Crippen LogP contribution is -2.47. The van der Waals surface area contributed by atoms with Crippen molar-refractivity contribution in [1.29, 1.82) is 0 Å². The molecule has 2 saturated carbocycles. The number of benzene rings is 1. The number of ketones is 1. The minimum Gasteiger partial charge on any atom is -0.508 e. The molecule has 0 amide bonds. The average molecular weight is 259 g/mol. The molecule has 0 saturated heterocycles. The van der Waals surface area contributed by atoms with Crippen LogP contribution in [0.4, 0.5) is 0 Å². The van der Waals surface area contributed by atoms with E-state index in [0.29, 0.717) is 30.4 Å². The van der Waals surface area contributed by atoms with Crippen LogP contribution in [0.25, 0.3) is 0 Å². The number of nitrogens with zero attached hydrogens (tertiary/aromatic N) is 1. The lowest BCUT2D eigenvalue weighted by Gasteiger charge is -2.45. The van der Waals surface area contributed by atoms with E-state index in [0.717, 1.165) is 18.4 Å². The smallest absolute Gasteiger partial charge is 0.133 e. The molecule has 1 N–H and O–H groups in total. The topological polar surface area (TPSA) is 40.5 Å². The molecule has 0 atom stereocenters. The third kappa shape index (κ3) is 2.27. The number of phenols is 1. The van der Waals surface area contributed by atoms with Crippen molar-refractivity contribution in [2.75, 3.05) is 7.05 Å². The molecule has 3 heteroatoms. The van der Waals surface area contributed by atoms with Crippen molar-refractivity contribution in [2.45, 2.75) is 50.1 Å². The molecule has 1 aromatic carbocycles. The van der Waals surface area contributed by atoms with Crippen LogP contribution >= 0.6 is 0 Å². The van der Waals surface area contributed by atoms with Gasteiger partial charge in [-0.15, -0.1) is 0 Å². The van der Waals surface area contributed by atoms with Gasteiger partial charge in [-0.1, -0.05) is 12.1 Å². The fraction of sp³-hybridized carbons (Fsp3) is 0.562. The van der Waals surface area contributed by atoms with Gasteiger partial charge in [-0.2, -0.15) is 0 Å². The Morgan fingerprint density at radius 3 is 2.53 bits per heavy atom. The third-order valence-electron chi connectivity index (χ3n) is 4.79. The number of hydrogen-bond donors (Lipinski definition) is 1. The summed E-state index contributed by atoms with van der Waals surface area (Å²) in [4.78, 5) is 14.0. The molecule has 2 fully saturated rings. The number of carbonyl (C=O) groups is 1. The zero-order chi connectivity index (χ0) is 13.5. The van der Waals surface area contributed by atoms with Crippen molar-refractivity contribution in [1.82, 2.24) is 4.90 Å². The maximum Gasteiger partial charge on any atom is 0.133 e. The zero-order valence-corrected chi connectivity index (χ0v) is 11.4. The summed E-state index contributed by atoms with van der Waals surface area (Å²) < 4.78 is 0. The Morgan fingerprint density at radius 1 is 1.26 bits per heavy atom. The molecule has 2 aliphatic carbocycles. The van der Waals surface area contributed by atoms with Gasteiger partial charge in [-0.25, -0.2) is 0 Å². The summed E-state index contributed by atoms with van der Waals surface area (Å²) in [6.07, 6.45) is 5.58. The minimum atomic E-state index is -0.0617. The van der Waals surface area contributed by atoms with Crippen LogP contribution < -0.4 is 0 Å². The predicted molar refractivity (Wildman–Crippen MR) is 74.0 cm³/mol. The summed E-state index contributed by atoms with van der Waals surface area (Å²) in [6, 6.07) is 8.23. The lowest BCUT2D eigenvalue weighted by molar-refractivity contribution is -0.123. The largest absolute Gasteiger partial charge is 0.508 e. The van der Waals surface area contributed by atoms with Crippen LogP contribution in [0.2, 0.25) is 0 Å². The maximum absolute atomic E-state index is 11.6. The minimum absolute atomic E-state index is 0.0617. The molecule has 0 aliphatic heterocycles. The monoisotopic (exact) mass is 259 g/mol. The number of phenolic OH excluding ortho intramolecular Hbond substituents is 1. The highest BCUT2D eigenvalue weighted by molar-refractivity contribution is 5.79. The van der Waals surface area contributed by atoms with Crippen molar-refractivity contribution >= 4 is 5.78 Å². The van der Waals surface area contributed by atoms with Crippen molar-refractivity contribution < 1.29 is 9.90 Å². The summed E-state index contributed by atoms with van der Waals surface area (Å²) in [6.45, 7) is 0. The lowest BCUT2D eigenvalue weighted by atomic mass is 9.75. The van der Waals surface area contributed by atoms with Crippen LogP contribution in [0.3, 0.4) is 0 Å². The van der Waals surface area contributed by atoms with Crippen LogP contribution in [0.5, 0.6) is 5.75 Å². The van der Waals surface area contributed by atoms with Gasteiger partial charge < -0.3 is 5.11 Å². The first-order valence-corrected chi connectivity index (χ1v) is 7.16. The molecular weight excluding hydrogens is 238 g/mol. The second-order valence-corrected chi connectivity index (χ2v) is 5.96. The van der Waals surface area contributed by atoms with E-state index in [9.17, 15) is 9.90 Å². The second-order valence-electron chi connectivity index (χ2n) is 5.96. The molecule has 0 aromatic heterocycles. The van der Waals surface area contributed by atoms with Crippen LogP contribution in [0.1, 0.15) is 44.1 Å². The Balaban J connectivity index is 1.98. The van der Waals surface area contributed by atoms with Gasteiger partial charge in [0.15, 0.2) is 0 Å². The first-order chi connectivity index (χ1) is 9.12. The molecule has 3 nitrogen and oxygen atoms in total. The molecule has 0 unspecified atom stereocenters. The summed E-state index contributed by atoms with van der Waals surface area (Å²) in [5.74, 6) is 0.693. The molecule has 0 bridgehead atoms. The van der Waals surface area contributed by atoms with E-state index in [2.05, 4.69) is 18.0 Å². The summed E-state index contributed by atoms with van der Waals surface area (Å²) >= 11 is 0. The molecule has 0 heterocycles.